The molecule has 0 unspecified atom stereocenters. The van der Waals surface area contributed by atoms with Crippen LogP contribution in [-0.4, -0.2) is 25.3 Å². The molecule has 1 amide bonds. The number of hydrogen-bond acceptors (Lipinski definition) is 6. The molecule has 0 bridgehead atoms. The molecule has 0 aliphatic carbocycles. The minimum atomic E-state index is -0.242. The van der Waals surface area contributed by atoms with Crippen molar-refractivity contribution in [2.45, 2.75) is 26.7 Å². The first kappa shape index (κ1) is 13.5. The van der Waals surface area contributed by atoms with Crippen LogP contribution in [0.25, 0.3) is 0 Å². The molecule has 0 saturated carbocycles. The zero-order chi connectivity index (χ0) is 14.0. The van der Waals surface area contributed by atoms with E-state index in [0.29, 0.717) is 22.1 Å². The molecular weight excluding hydrogens is 264 g/mol. The molecule has 0 aliphatic heterocycles. The second-order valence-corrected chi connectivity index (χ2v) is 4.98. The molecule has 8 heteroatoms. The third-order valence-electron chi connectivity index (χ3n) is 2.75. The minimum absolute atomic E-state index is 0.242. The Hall–Kier alpha value is -1.96. The summed E-state index contributed by atoms with van der Waals surface area (Å²) in [5.41, 5.74) is 7.77. The number of aromatic nitrogens is 4. The average Bonchev–Trinajstić information content (AvgIpc) is 2.91. The van der Waals surface area contributed by atoms with Crippen LogP contribution < -0.4 is 11.1 Å². The second-order valence-electron chi connectivity index (χ2n) is 4.22. The maximum absolute atomic E-state index is 12.2. The van der Waals surface area contributed by atoms with Crippen molar-refractivity contribution in [2.24, 2.45) is 7.05 Å². The summed E-state index contributed by atoms with van der Waals surface area (Å²) in [5.74, 6) is 0.256. The van der Waals surface area contributed by atoms with Crippen molar-refractivity contribution >= 4 is 28.9 Å². The smallest absolute Gasteiger partial charge is 0.270 e. The van der Waals surface area contributed by atoms with Gasteiger partial charge in [0.2, 0.25) is 0 Å². The molecule has 2 heterocycles. The molecule has 2 aromatic heterocycles. The number of nitrogens with zero attached hydrogens (tertiary/aromatic N) is 4. The lowest BCUT2D eigenvalue weighted by Gasteiger charge is -2.05. The van der Waals surface area contributed by atoms with Gasteiger partial charge in [-0.05, 0) is 24.9 Å². The molecule has 0 aromatic carbocycles. The van der Waals surface area contributed by atoms with E-state index in [-0.39, 0.29) is 5.91 Å². The molecular formula is C11H16N6OS. The topological polar surface area (TPSA) is 98.7 Å². The quantitative estimate of drug-likeness (QED) is 0.881. The van der Waals surface area contributed by atoms with Gasteiger partial charge in [-0.15, -0.1) is 5.10 Å². The number of nitrogens with one attached hydrogen (secondary N) is 1. The van der Waals surface area contributed by atoms with Crippen molar-refractivity contribution in [2.75, 3.05) is 11.1 Å². The van der Waals surface area contributed by atoms with E-state index in [2.05, 4.69) is 20.0 Å². The number of carbonyl (C=O) groups excluding carboxylic acids is 1. The van der Waals surface area contributed by atoms with Crippen LogP contribution >= 0.6 is 11.5 Å². The number of carbonyl (C=O) groups is 1. The van der Waals surface area contributed by atoms with Gasteiger partial charge in [-0.3, -0.25) is 9.48 Å². The Morgan fingerprint density at radius 2 is 2.26 bits per heavy atom. The maximum Gasteiger partial charge on any atom is 0.270 e. The van der Waals surface area contributed by atoms with Crippen molar-refractivity contribution in [1.82, 2.24) is 19.4 Å². The van der Waals surface area contributed by atoms with Crippen LogP contribution in [0.2, 0.25) is 0 Å². The SMILES string of the molecule is CCCc1nnsc1C(=O)Nc1c(N)c(C)nn1C. The van der Waals surface area contributed by atoms with Crippen LogP contribution in [-0.2, 0) is 13.5 Å². The maximum atomic E-state index is 12.2. The molecule has 2 aromatic rings. The molecule has 19 heavy (non-hydrogen) atoms. The molecule has 7 nitrogen and oxygen atoms in total. The van der Waals surface area contributed by atoms with Crippen molar-refractivity contribution in [3.05, 3.63) is 16.3 Å². The van der Waals surface area contributed by atoms with Gasteiger partial charge in [0.05, 0.1) is 17.1 Å². The van der Waals surface area contributed by atoms with Crippen LogP contribution in [0.3, 0.4) is 0 Å². The van der Waals surface area contributed by atoms with Crippen LogP contribution in [0.15, 0.2) is 0 Å². The fourth-order valence-corrected chi connectivity index (χ4v) is 2.37. The lowest BCUT2D eigenvalue weighted by molar-refractivity contribution is 0.102. The fourth-order valence-electron chi connectivity index (χ4n) is 1.77. The Balaban J connectivity index is 2.23. The zero-order valence-corrected chi connectivity index (χ0v) is 11.9. The second kappa shape index (κ2) is 5.35. The average molecular weight is 280 g/mol. The molecule has 0 spiro atoms. The first-order valence-electron chi connectivity index (χ1n) is 5.96. The van der Waals surface area contributed by atoms with E-state index in [9.17, 15) is 4.79 Å². The monoisotopic (exact) mass is 280 g/mol. The number of anilines is 2. The summed E-state index contributed by atoms with van der Waals surface area (Å²) < 4.78 is 5.38. The third kappa shape index (κ3) is 2.58. The molecule has 0 atom stereocenters. The van der Waals surface area contributed by atoms with Crippen LogP contribution in [0.4, 0.5) is 11.5 Å². The van der Waals surface area contributed by atoms with Crippen molar-refractivity contribution in [3.63, 3.8) is 0 Å². The Labute approximate surface area is 115 Å². The highest BCUT2D eigenvalue weighted by Gasteiger charge is 2.19. The van der Waals surface area contributed by atoms with Gasteiger partial charge in [-0.1, -0.05) is 17.8 Å². The van der Waals surface area contributed by atoms with E-state index >= 15 is 0 Å². The number of nitrogens with two attached hydrogens (primary N) is 1. The predicted octanol–water partition coefficient (Wildman–Crippen LogP) is 1.37. The Morgan fingerprint density at radius 3 is 2.84 bits per heavy atom. The summed E-state index contributed by atoms with van der Waals surface area (Å²) >= 11 is 1.09. The lowest BCUT2D eigenvalue weighted by Crippen LogP contribution is -2.16. The van der Waals surface area contributed by atoms with Gasteiger partial charge in [-0.2, -0.15) is 5.10 Å². The largest absolute Gasteiger partial charge is 0.394 e. The Bertz CT molecular complexity index is 602. The fraction of sp³-hybridized carbons (Fsp3) is 0.455. The predicted molar refractivity (Wildman–Crippen MR) is 74.2 cm³/mol. The first-order valence-corrected chi connectivity index (χ1v) is 6.73. The highest BCUT2D eigenvalue weighted by atomic mass is 32.1. The van der Waals surface area contributed by atoms with E-state index in [1.807, 2.05) is 6.92 Å². The summed E-state index contributed by atoms with van der Waals surface area (Å²) in [6.07, 6.45) is 1.65. The highest BCUT2D eigenvalue weighted by Crippen LogP contribution is 2.22. The van der Waals surface area contributed by atoms with Crippen LogP contribution in [0.5, 0.6) is 0 Å². The summed E-state index contributed by atoms with van der Waals surface area (Å²) in [6, 6.07) is 0. The van der Waals surface area contributed by atoms with Crippen molar-refractivity contribution in [3.8, 4) is 0 Å². The number of nitrogen functional groups attached to an aromatic ring is 1. The van der Waals surface area contributed by atoms with E-state index in [4.69, 9.17) is 5.73 Å². The highest BCUT2D eigenvalue weighted by molar-refractivity contribution is 7.08. The minimum Gasteiger partial charge on any atom is -0.394 e. The summed E-state index contributed by atoms with van der Waals surface area (Å²) in [6.45, 7) is 3.82. The first-order chi connectivity index (χ1) is 9.04. The van der Waals surface area contributed by atoms with Crippen LogP contribution in [0.1, 0.15) is 34.4 Å². The molecule has 2 rings (SSSR count). The molecule has 0 saturated heterocycles. The van der Waals surface area contributed by atoms with Gasteiger partial charge in [0.25, 0.3) is 5.91 Å². The van der Waals surface area contributed by atoms with E-state index < -0.39 is 0 Å². The summed E-state index contributed by atoms with van der Waals surface area (Å²) in [5, 5.41) is 10.9. The number of hydrogen-bond donors (Lipinski definition) is 2. The molecule has 3 N–H and O–H groups in total. The summed E-state index contributed by atoms with van der Waals surface area (Å²) in [4.78, 5) is 12.7. The van der Waals surface area contributed by atoms with Gasteiger partial charge < -0.3 is 11.1 Å². The van der Waals surface area contributed by atoms with Crippen molar-refractivity contribution in [1.29, 1.82) is 0 Å². The van der Waals surface area contributed by atoms with Crippen LogP contribution in [0, 0.1) is 6.92 Å². The standard InChI is InChI=1S/C11H16N6OS/c1-4-5-7-9(19-16-14-7)11(18)13-10-8(12)6(2)15-17(10)3/h4-5,12H2,1-3H3,(H,13,18). The van der Waals surface area contributed by atoms with Gasteiger partial charge in [0.1, 0.15) is 4.88 Å². The number of aryl methyl sites for hydroxylation is 3. The van der Waals surface area contributed by atoms with Gasteiger partial charge >= 0.3 is 0 Å². The van der Waals surface area contributed by atoms with Gasteiger partial charge in [0.15, 0.2) is 5.82 Å². The molecule has 0 aliphatic rings. The van der Waals surface area contributed by atoms with Crippen molar-refractivity contribution < 1.29 is 4.79 Å². The Kier molecular flexibility index (Phi) is 3.79. The normalized spacial score (nSPS) is 10.7. The van der Waals surface area contributed by atoms with Gasteiger partial charge in [0, 0.05) is 7.05 Å². The molecule has 0 fully saturated rings. The third-order valence-corrected chi connectivity index (χ3v) is 3.52. The molecule has 102 valence electrons. The number of rotatable bonds is 4. The summed E-state index contributed by atoms with van der Waals surface area (Å²) in [7, 11) is 1.73. The molecule has 0 radical (unpaired) electrons. The van der Waals surface area contributed by atoms with E-state index in [1.54, 1.807) is 18.7 Å². The Morgan fingerprint density at radius 1 is 1.53 bits per heavy atom. The lowest BCUT2D eigenvalue weighted by atomic mass is 10.2. The van der Waals surface area contributed by atoms with E-state index in [0.717, 1.165) is 30.1 Å². The van der Waals surface area contributed by atoms with Gasteiger partial charge in [-0.25, -0.2) is 0 Å². The number of amides is 1. The van der Waals surface area contributed by atoms with E-state index in [1.165, 1.54) is 0 Å². The zero-order valence-electron chi connectivity index (χ0n) is 11.1.